The first-order valence-corrected chi connectivity index (χ1v) is 7.09. The lowest BCUT2D eigenvalue weighted by Crippen LogP contribution is -2.10. The van der Waals surface area contributed by atoms with Gasteiger partial charge in [0.25, 0.3) is 0 Å². The monoisotopic (exact) mass is 305 g/mol. The first kappa shape index (κ1) is 14.9. The zero-order valence-electron chi connectivity index (χ0n) is 11.5. The summed E-state index contributed by atoms with van der Waals surface area (Å²) in [6.07, 6.45) is 6.20. The predicted octanol–water partition coefficient (Wildman–Crippen LogP) is 1.69. The van der Waals surface area contributed by atoms with Crippen LogP contribution in [0, 0.1) is 11.3 Å². The number of nitriles is 1. The fourth-order valence-corrected chi connectivity index (χ4v) is 2.77. The molecule has 0 bridgehead atoms. The Hall–Kier alpha value is -2.53. The summed E-state index contributed by atoms with van der Waals surface area (Å²) >= 11 is 1.16. The van der Waals surface area contributed by atoms with E-state index in [0.717, 1.165) is 24.3 Å². The van der Waals surface area contributed by atoms with E-state index in [1.165, 1.54) is 7.11 Å². The van der Waals surface area contributed by atoms with E-state index in [0.29, 0.717) is 16.4 Å². The smallest absolute Gasteiger partial charge is 0.343 e. The standard InChI is InChI=1S/C13H15N5O2S/c1-20-13(19)10-11(15)9(7-14)21-12(10)17-3-2-5-18-6-4-16-8-18/h4,6,8,17H,2-3,5,15H2,1H3. The Bertz CT molecular complexity index is 657. The van der Waals surface area contributed by atoms with Gasteiger partial charge in [-0.25, -0.2) is 9.78 Å². The number of nitrogens with one attached hydrogen (secondary N) is 1. The highest BCUT2D eigenvalue weighted by Crippen LogP contribution is 2.35. The fourth-order valence-electron chi connectivity index (χ4n) is 1.84. The number of hydrogen-bond acceptors (Lipinski definition) is 7. The number of anilines is 2. The average Bonchev–Trinajstić information content (AvgIpc) is 3.10. The lowest BCUT2D eigenvalue weighted by Gasteiger charge is -2.07. The molecule has 0 spiro atoms. The van der Waals surface area contributed by atoms with Gasteiger partial charge in [-0.3, -0.25) is 0 Å². The molecular formula is C13H15N5O2S. The molecule has 0 radical (unpaired) electrons. The molecule has 21 heavy (non-hydrogen) atoms. The Kier molecular flexibility index (Phi) is 4.79. The van der Waals surface area contributed by atoms with E-state index in [2.05, 4.69) is 10.3 Å². The van der Waals surface area contributed by atoms with Gasteiger partial charge >= 0.3 is 5.97 Å². The molecule has 0 amide bonds. The lowest BCUT2D eigenvalue weighted by atomic mass is 10.2. The molecule has 2 rings (SSSR count). The molecule has 0 aliphatic rings. The third kappa shape index (κ3) is 3.32. The van der Waals surface area contributed by atoms with Crippen molar-refractivity contribution >= 4 is 28.0 Å². The van der Waals surface area contributed by atoms with Crippen LogP contribution >= 0.6 is 11.3 Å². The van der Waals surface area contributed by atoms with Gasteiger partial charge in [-0.05, 0) is 6.42 Å². The topological polar surface area (TPSA) is 106 Å². The summed E-state index contributed by atoms with van der Waals surface area (Å²) in [5, 5.41) is 12.7. The number of aromatic nitrogens is 2. The lowest BCUT2D eigenvalue weighted by molar-refractivity contribution is 0.0603. The number of nitrogens with two attached hydrogens (primary N) is 1. The molecule has 0 saturated carbocycles. The van der Waals surface area contributed by atoms with Crippen LogP contribution in [0.2, 0.25) is 0 Å². The number of aryl methyl sites for hydroxylation is 1. The molecule has 0 aliphatic heterocycles. The summed E-state index contributed by atoms with van der Waals surface area (Å²) in [5.41, 5.74) is 6.22. The molecule has 0 saturated heterocycles. The van der Waals surface area contributed by atoms with Gasteiger partial charge < -0.3 is 20.4 Å². The second kappa shape index (κ2) is 6.76. The van der Waals surface area contributed by atoms with Crippen LogP contribution in [0.1, 0.15) is 21.7 Å². The summed E-state index contributed by atoms with van der Waals surface area (Å²) in [7, 11) is 1.29. The minimum Gasteiger partial charge on any atom is -0.465 e. The van der Waals surface area contributed by atoms with E-state index >= 15 is 0 Å². The van der Waals surface area contributed by atoms with Crippen LogP contribution in [0.4, 0.5) is 10.7 Å². The molecule has 0 atom stereocenters. The molecule has 8 heteroatoms. The molecule has 2 heterocycles. The van der Waals surface area contributed by atoms with E-state index in [1.807, 2.05) is 16.8 Å². The maximum atomic E-state index is 11.7. The van der Waals surface area contributed by atoms with Gasteiger partial charge in [0.1, 0.15) is 21.5 Å². The number of nitrogens with zero attached hydrogens (tertiary/aromatic N) is 3. The maximum absolute atomic E-state index is 11.7. The van der Waals surface area contributed by atoms with Gasteiger partial charge in [0, 0.05) is 25.5 Å². The zero-order valence-corrected chi connectivity index (χ0v) is 12.3. The van der Waals surface area contributed by atoms with Gasteiger partial charge in [-0.2, -0.15) is 5.26 Å². The van der Waals surface area contributed by atoms with E-state index in [9.17, 15) is 4.79 Å². The average molecular weight is 305 g/mol. The fraction of sp³-hybridized carbons (Fsp3) is 0.308. The van der Waals surface area contributed by atoms with Crippen LogP contribution in [0.5, 0.6) is 0 Å². The van der Waals surface area contributed by atoms with Crippen molar-refractivity contribution < 1.29 is 9.53 Å². The van der Waals surface area contributed by atoms with E-state index in [1.54, 1.807) is 12.5 Å². The summed E-state index contributed by atoms with van der Waals surface area (Å²) in [5.74, 6) is -0.539. The molecule has 0 aliphatic carbocycles. The Balaban J connectivity index is 2.02. The quantitative estimate of drug-likeness (QED) is 0.621. The largest absolute Gasteiger partial charge is 0.465 e. The maximum Gasteiger partial charge on any atom is 0.343 e. The second-order valence-corrected chi connectivity index (χ2v) is 5.25. The van der Waals surface area contributed by atoms with Crippen molar-refractivity contribution in [2.45, 2.75) is 13.0 Å². The molecule has 0 unspecified atom stereocenters. The molecular weight excluding hydrogens is 290 g/mol. The second-order valence-electron chi connectivity index (χ2n) is 4.23. The summed E-state index contributed by atoms with van der Waals surface area (Å²) in [4.78, 5) is 16.0. The van der Waals surface area contributed by atoms with Gasteiger partial charge in [0.2, 0.25) is 0 Å². The third-order valence-corrected chi connectivity index (χ3v) is 3.94. The summed E-state index contributed by atoms with van der Waals surface area (Å²) < 4.78 is 6.67. The number of carbonyl (C=O) groups is 1. The van der Waals surface area contributed by atoms with Crippen molar-refractivity contribution in [1.82, 2.24) is 9.55 Å². The minimum atomic E-state index is -0.539. The van der Waals surface area contributed by atoms with E-state index in [4.69, 9.17) is 15.7 Å². The van der Waals surface area contributed by atoms with Crippen LogP contribution in [-0.2, 0) is 11.3 Å². The zero-order chi connectivity index (χ0) is 15.2. The summed E-state index contributed by atoms with van der Waals surface area (Å²) in [6.45, 7) is 1.46. The molecule has 0 fully saturated rings. The summed E-state index contributed by atoms with van der Waals surface area (Å²) in [6, 6.07) is 1.98. The van der Waals surface area contributed by atoms with Crippen molar-refractivity contribution in [2.24, 2.45) is 0 Å². The Morgan fingerprint density at radius 2 is 2.48 bits per heavy atom. The van der Waals surface area contributed by atoms with Crippen LogP contribution in [0.3, 0.4) is 0 Å². The number of methoxy groups -OCH3 is 1. The van der Waals surface area contributed by atoms with Crippen molar-refractivity contribution in [3.05, 3.63) is 29.2 Å². The molecule has 0 aromatic carbocycles. The molecule has 3 N–H and O–H groups in total. The number of rotatable bonds is 6. The highest BCUT2D eigenvalue weighted by Gasteiger charge is 2.22. The number of nitrogen functional groups attached to an aromatic ring is 1. The normalized spacial score (nSPS) is 10.1. The van der Waals surface area contributed by atoms with Crippen molar-refractivity contribution in [3.8, 4) is 6.07 Å². The number of thiophene rings is 1. The Morgan fingerprint density at radius 3 is 3.10 bits per heavy atom. The molecule has 2 aromatic heterocycles. The molecule has 2 aromatic rings. The molecule has 110 valence electrons. The Labute approximate surface area is 126 Å². The number of carbonyl (C=O) groups excluding carboxylic acids is 1. The SMILES string of the molecule is COC(=O)c1c(NCCCn2ccnc2)sc(C#N)c1N. The van der Waals surface area contributed by atoms with Crippen LogP contribution in [0.15, 0.2) is 18.7 Å². The van der Waals surface area contributed by atoms with Gasteiger partial charge in [-0.1, -0.05) is 0 Å². The van der Waals surface area contributed by atoms with Gasteiger partial charge in [0.05, 0.1) is 19.1 Å². The minimum absolute atomic E-state index is 0.173. The highest BCUT2D eigenvalue weighted by molar-refractivity contribution is 7.17. The number of esters is 1. The first-order chi connectivity index (χ1) is 10.2. The van der Waals surface area contributed by atoms with Crippen LogP contribution < -0.4 is 11.1 Å². The number of imidazole rings is 1. The van der Waals surface area contributed by atoms with Crippen molar-refractivity contribution in [3.63, 3.8) is 0 Å². The van der Waals surface area contributed by atoms with E-state index < -0.39 is 5.97 Å². The van der Waals surface area contributed by atoms with E-state index in [-0.39, 0.29) is 11.3 Å². The van der Waals surface area contributed by atoms with Crippen LogP contribution in [0.25, 0.3) is 0 Å². The van der Waals surface area contributed by atoms with Gasteiger partial charge in [0.15, 0.2) is 0 Å². The third-order valence-electron chi connectivity index (χ3n) is 2.87. The van der Waals surface area contributed by atoms with Crippen molar-refractivity contribution in [1.29, 1.82) is 5.26 Å². The number of hydrogen-bond donors (Lipinski definition) is 2. The van der Waals surface area contributed by atoms with Crippen LogP contribution in [-0.4, -0.2) is 29.2 Å². The Morgan fingerprint density at radius 1 is 1.67 bits per heavy atom. The van der Waals surface area contributed by atoms with Crippen molar-refractivity contribution in [2.75, 3.05) is 24.7 Å². The predicted molar refractivity (Wildman–Crippen MR) is 80.1 cm³/mol. The number of ether oxygens (including phenoxy) is 1. The first-order valence-electron chi connectivity index (χ1n) is 6.27. The van der Waals surface area contributed by atoms with Gasteiger partial charge in [-0.15, -0.1) is 11.3 Å². The molecule has 7 nitrogen and oxygen atoms in total. The highest BCUT2D eigenvalue weighted by atomic mass is 32.1.